The zero-order valence-electron chi connectivity index (χ0n) is 13.0. The Labute approximate surface area is 126 Å². The summed E-state index contributed by atoms with van der Waals surface area (Å²) in [7, 11) is 1.77. The third kappa shape index (κ3) is 2.87. The Morgan fingerprint density at radius 1 is 1.29 bits per heavy atom. The van der Waals surface area contributed by atoms with Crippen molar-refractivity contribution in [1.82, 2.24) is 14.9 Å². The fourth-order valence-electron chi connectivity index (χ4n) is 2.79. The Kier molecular flexibility index (Phi) is 3.83. The van der Waals surface area contributed by atoms with Crippen molar-refractivity contribution < 1.29 is 4.74 Å². The molecular formula is C17H23N3O. The minimum absolute atomic E-state index is 0.205. The summed E-state index contributed by atoms with van der Waals surface area (Å²) in [6.45, 7) is 6.93. The number of methoxy groups -OCH3 is 1. The molecule has 2 aromatic rings. The molecule has 0 bridgehead atoms. The Hall–Kier alpha value is -1.65. The summed E-state index contributed by atoms with van der Waals surface area (Å²) in [6, 6.07) is 10.4. The van der Waals surface area contributed by atoms with Crippen molar-refractivity contribution in [1.29, 1.82) is 0 Å². The van der Waals surface area contributed by atoms with E-state index in [1.54, 1.807) is 7.11 Å². The van der Waals surface area contributed by atoms with Gasteiger partial charge in [0.25, 0.3) is 0 Å². The van der Waals surface area contributed by atoms with Gasteiger partial charge < -0.3 is 14.6 Å². The molecular weight excluding hydrogens is 262 g/mol. The highest BCUT2D eigenvalue weighted by molar-refractivity contribution is 5.57. The third-order valence-electron chi connectivity index (χ3n) is 4.11. The second-order valence-electron chi connectivity index (χ2n) is 6.17. The number of nitrogens with one attached hydrogen (secondary N) is 1. The van der Waals surface area contributed by atoms with Gasteiger partial charge in [-0.25, -0.2) is 4.98 Å². The van der Waals surface area contributed by atoms with Crippen LogP contribution >= 0.6 is 0 Å². The molecule has 0 unspecified atom stereocenters. The van der Waals surface area contributed by atoms with Crippen molar-refractivity contribution in [3.63, 3.8) is 0 Å². The summed E-state index contributed by atoms with van der Waals surface area (Å²) in [4.78, 5) is 4.88. The van der Waals surface area contributed by atoms with Gasteiger partial charge >= 0.3 is 0 Å². The topological polar surface area (TPSA) is 39.1 Å². The number of rotatable bonds is 4. The SMILES string of the molecule is COC(C)(C)Cn1c(-c2ccccc2)nc2c1CCNC2. The quantitative estimate of drug-likeness (QED) is 0.938. The number of fused-ring (bicyclic) bond motifs is 1. The van der Waals surface area contributed by atoms with Crippen LogP contribution in [0.2, 0.25) is 0 Å². The summed E-state index contributed by atoms with van der Waals surface area (Å²) in [5.74, 6) is 1.05. The normalized spacial score (nSPS) is 15.0. The van der Waals surface area contributed by atoms with Gasteiger partial charge in [-0.3, -0.25) is 0 Å². The van der Waals surface area contributed by atoms with Crippen molar-refractivity contribution in [2.75, 3.05) is 13.7 Å². The predicted octanol–water partition coefficient (Wildman–Crippen LogP) is 2.62. The van der Waals surface area contributed by atoms with Gasteiger partial charge in [-0.05, 0) is 13.8 Å². The number of hydrogen-bond donors (Lipinski definition) is 1. The van der Waals surface area contributed by atoms with Crippen LogP contribution in [0.5, 0.6) is 0 Å². The van der Waals surface area contributed by atoms with Gasteiger partial charge in [0.2, 0.25) is 0 Å². The number of ether oxygens (including phenoxy) is 1. The van der Waals surface area contributed by atoms with Crippen LogP contribution in [-0.2, 0) is 24.2 Å². The maximum Gasteiger partial charge on any atom is 0.140 e. The zero-order chi connectivity index (χ0) is 14.9. The first-order chi connectivity index (χ1) is 10.1. The summed E-state index contributed by atoms with van der Waals surface area (Å²) >= 11 is 0. The second-order valence-corrected chi connectivity index (χ2v) is 6.17. The van der Waals surface area contributed by atoms with Crippen LogP contribution in [-0.4, -0.2) is 28.8 Å². The lowest BCUT2D eigenvalue weighted by Gasteiger charge is -2.26. The molecule has 1 N–H and O–H groups in total. The largest absolute Gasteiger partial charge is 0.377 e. The molecule has 0 aliphatic carbocycles. The van der Waals surface area contributed by atoms with E-state index in [0.29, 0.717) is 0 Å². The Bertz CT molecular complexity index is 616. The lowest BCUT2D eigenvalue weighted by Crippen LogP contribution is -2.32. The highest BCUT2D eigenvalue weighted by atomic mass is 16.5. The van der Waals surface area contributed by atoms with Crippen LogP contribution in [0, 0.1) is 0 Å². The minimum Gasteiger partial charge on any atom is -0.377 e. The maximum atomic E-state index is 5.63. The number of imidazole rings is 1. The van der Waals surface area contributed by atoms with E-state index < -0.39 is 0 Å². The summed E-state index contributed by atoms with van der Waals surface area (Å²) < 4.78 is 7.97. The Morgan fingerprint density at radius 2 is 2.05 bits per heavy atom. The molecule has 0 amide bonds. The van der Waals surface area contributed by atoms with Gasteiger partial charge in [0.05, 0.1) is 17.8 Å². The molecule has 0 atom stereocenters. The first kappa shape index (κ1) is 14.3. The van der Waals surface area contributed by atoms with Crippen molar-refractivity contribution in [2.45, 2.75) is 39.0 Å². The van der Waals surface area contributed by atoms with Gasteiger partial charge in [-0.1, -0.05) is 30.3 Å². The van der Waals surface area contributed by atoms with Crippen LogP contribution in [0.15, 0.2) is 30.3 Å². The number of benzene rings is 1. The monoisotopic (exact) mass is 285 g/mol. The van der Waals surface area contributed by atoms with E-state index in [0.717, 1.165) is 31.9 Å². The highest BCUT2D eigenvalue weighted by Gasteiger charge is 2.25. The van der Waals surface area contributed by atoms with Crippen LogP contribution in [0.1, 0.15) is 25.2 Å². The minimum atomic E-state index is -0.205. The maximum absolute atomic E-state index is 5.63. The van der Waals surface area contributed by atoms with Gasteiger partial charge in [0.15, 0.2) is 0 Å². The third-order valence-corrected chi connectivity index (χ3v) is 4.11. The van der Waals surface area contributed by atoms with Crippen LogP contribution in [0.3, 0.4) is 0 Å². The van der Waals surface area contributed by atoms with Crippen molar-refractivity contribution in [3.8, 4) is 11.4 Å². The van der Waals surface area contributed by atoms with E-state index in [9.17, 15) is 0 Å². The lowest BCUT2D eigenvalue weighted by molar-refractivity contribution is 0.00789. The molecule has 2 heterocycles. The lowest BCUT2D eigenvalue weighted by atomic mass is 10.1. The van der Waals surface area contributed by atoms with Crippen molar-refractivity contribution in [2.24, 2.45) is 0 Å². The highest BCUT2D eigenvalue weighted by Crippen LogP contribution is 2.27. The average Bonchev–Trinajstić information content (AvgIpc) is 2.87. The van der Waals surface area contributed by atoms with E-state index >= 15 is 0 Å². The fraction of sp³-hybridized carbons (Fsp3) is 0.471. The molecule has 0 saturated carbocycles. The molecule has 3 rings (SSSR count). The molecule has 1 aliphatic rings. The molecule has 112 valence electrons. The van der Waals surface area contributed by atoms with E-state index in [1.165, 1.54) is 17.0 Å². The molecule has 21 heavy (non-hydrogen) atoms. The van der Waals surface area contributed by atoms with Gasteiger partial charge in [-0.2, -0.15) is 0 Å². The molecule has 1 aliphatic heterocycles. The fourth-order valence-corrected chi connectivity index (χ4v) is 2.79. The number of nitrogens with zero attached hydrogens (tertiary/aromatic N) is 2. The van der Waals surface area contributed by atoms with Gasteiger partial charge in [0, 0.05) is 37.9 Å². The summed E-state index contributed by atoms with van der Waals surface area (Å²) in [5.41, 5.74) is 3.48. The first-order valence-electron chi connectivity index (χ1n) is 7.50. The Morgan fingerprint density at radius 3 is 2.76 bits per heavy atom. The predicted molar refractivity (Wildman–Crippen MR) is 84.2 cm³/mol. The van der Waals surface area contributed by atoms with Gasteiger partial charge in [0.1, 0.15) is 5.82 Å². The average molecular weight is 285 g/mol. The molecule has 4 nitrogen and oxygen atoms in total. The van der Waals surface area contributed by atoms with E-state index in [-0.39, 0.29) is 5.60 Å². The zero-order valence-corrected chi connectivity index (χ0v) is 13.0. The molecule has 4 heteroatoms. The van der Waals surface area contributed by atoms with Crippen molar-refractivity contribution in [3.05, 3.63) is 41.7 Å². The number of hydrogen-bond acceptors (Lipinski definition) is 3. The second kappa shape index (κ2) is 5.62. The van der Waals surface area contributed by atoms with Crippen LogP contribution in [0.25, 0.3) is 11.4 Å². The van der Waals surface area contributed by atoms with Crippen molar-refractivity contribution >= 4 is 0 Å². The van der Waals surface area contributed by atoms with Crippen LogP contribution in [0.4, 0.5) is 0 Å². The number of aromatic nitrogens is 2. The molecule has 0 fully saturated rings. The molecule has 0 saturated heterocycles. The van der Waals surface area contributed by atoms with E-state index in [1.807, 2.05) is 6.07 Å². The smallest absolute Gasteiger partial charge is 0.140 e. The van der Waals surface area contributed by atoms with Gasteiger partial charge in [-0.15, -0.1) is 0 Å². The molecule has 0 radical (unpaired) electrons. The summed E-state index contributed by atoms with van der Waals surface area (Å²) in [6.07, 6.45) is 1.02. The summed E-state index contributed by atoms with van der Waals surface area (Å²) in [5, 5.41) is 3.40. The molecule has 0 spiro atoms. The van der Waals surface area contributed by atoms with Crippen LogP contribution < -0.4 is 5.32 Å². The molecule has 1 aromatic heterocycles. The van der Waals surface area contributed by atoms with E-state index in [4.69, 9.17) is 9.72 Å². The van der Waals surface area contributed by atoms with E-state index in [2.05, 4.69) is 48.0 Å². The first-order valence-corrected chi connectivity index (χ1v) is 7.50. The Balaban J connectivity index is 2.08. The standard InChI is InChI=1S/C17H23N3O/c1-17(2,21-3)12-20-15-9-10-18-11-14(15)19-16(20)13-7-5-4-6-8-13/h4-8,18H,9-12H2,1-3H3. The molecule has 1 aromatic carbocycles.